The number of hydrogen-bond donors (Lipinski definition) is 4. The van der Waals surface area contributed by atoms with E-state index in [1.807, 2.05) is 7.05 Å². The van der Waals surface area contributed by atoms with Crippen molar-refractivity contribution in [1.29, 1.82) is 0 Å². The molecular formula is C9H19N5O2. The summed E-state index contributed by atoms with van der Waals surface area (Å²) in [5.41, 5.74) is 0. The zero-order chi connectivity index (χ0) is 11.8. The minimum atomic E-state index is -0.575. The third-order valence-electron chi connectivity index (χ3n) is 2.14. The SMILES string of the molecule is CN1CNCCNC(=O)C(=O)NCCNC1. The predicted octanol–water partition coefficient (Wildman–Crippen LogP) is -2.74. The summed E-state index contributed by atoms with van der Waals surface area (Å²) in [4.78, 5) is 24.5. The quantitative estimate of drug-likeness (QED) is 0.339. The maximum absolute atomic E-state index is 11.2. The lowest BCUT2D eigenvalue weighted by atomic mass is 10.5. The van der Waals surface area contributed by atoms with Crippen LogP contribution in [0, 0.1) is 0 Å². The normalized spacial score (nSPS) is 22.3. The van der Waals surface area contributed by atoms with E-state index in [1.54, 1.807) is 0 Å². The van der Waals surface area contributed by atoms with Crippen LogP contribution in [0.4, 0.5) is 0 Å². The molecule has 0 aliphatic carbocycles. The van der Waals surface area contributed by atoms with Gasteiger partial charge in [0.2, 0.25) is 0 Å². The molecule has 0 aromatic heterocycles. The van der Waals surface area contributed by atoms with Crippen molar-refractivity contribution in [2.45, 2.75) is 0 Å². The summed E-state index contributed by atoms with van der Waals surface area (Å²) in [7, 11) is 1.98. The third-order valence-corrected chi connectivity index (χ3v) is 2.14. The van der Waals surface area contributed by atoms with Gasteiger partial charge in [-0.2, -0.15) is 0 Å². The van der Waals surface area contributed by atoms with Crippen LogP contribution in [0.25, 0.3) is 0 Å². The number of carbonyl (C=O) groups excluding carboxylic acids is 2. The maximum atomic E-state index is 11.2. The summed E-state index contributed by atoms with van der Waals surface area (Å²) in [6, 6.07) is 0. The second-order valence-corrected chi connectivity index (χ2v) is 3.68. The van der Waals surface area contributed by atoms with Gasteiger partial charge in [-0.1, -0.05) is 0 Å². The third kappa shape index (κ3) is 5.06. The number of nitrogens with zero attached hydrogens (tertiary/aromatic N) is 1. The van der Waals surface area contributed by atoms with Gasteiger partial charge in [-0.3, -0.25) is 14.5 Å². The fourth-order valence-electron chi connectivity index (χ4n) is 1.29. The van der Waals surface area contributed by atoms with Crippen molar-refractivity contribution in [2.75, 3.05) is 46.6 Å². The number of rotatable bonds is 0. The Morgan fingerprint density at radius 2 is 1.31 bits per heavy atom. The number of hydrogen-bond acceptors (Lipinski definition) is 5. The van der Waals surface area contributed by atoms with E-state index in [0.717, 1.165) is 13.3 Å². The van der Waals surface area contributed by atoms with E-state index in [9.17, 15) is 9.59 Å². The summed E-state index contributed by atoms with van der Waals surface area (Å²) < 4.78 is 0. The Labute approximate surface area is 94.9 Å². The van der Waals surface area contributed by atoms with Gasteiger partial charge in [0.1, 0.15) is 0 Å². The van der Waals surface area contributed by atoms with Crippen molar-refractivity contribution in [3.8, 4) is 0 Å². The highest BCUT2D eigenvalue weighted by atomic mass is 16.2. The highest BCUT2D eigenvalue weighted by molar-refractivity contribution is 6.35. The standard InChI is InChI=1S/C9H19N5O2/c1-14-6-10-2-4-12-8(15)9(16)13-5-3-11-7-14/h10-11H,2-7H2,1H3,(H,12,15)(H,13,16). The van der Waals surface area contributed by atoms with E-state index in [0.29, 0.717) is 26.2 Å². The molecule has 0 aromatic carbocycles. The average Bonchev–Trinajstić information content (AvgIpc) is 2.27. The Bertz CT molecular complexity index is 222. The molecule has 0 bridgehead atoms. The largest absolute Gasteiger partial charge is 0.347 e. The first kappa shape index (κ1) is 12.9. The number of nitrogens with one attached hydrogen (secondary N) is 4. The van der Waals surface area contributed by atoms with E-state index >= 15 is 0 Å². The first-order chi connectivity index (χ1) is 7.70. The molecule has 0 radical (unpaired) electrons. The van der Waals surface area contributed by atoms with Crippen LogP contribution in [0.5, 0.6) is 0 Å². The molecule has 1 rings (SSSR count). The molecule has 0 atom stereocenters. The van der Waals surface area contributed by atoms with Crippen molar-refractivity contribution >= 4 is 11.8 Å². The van der Waals surface area contributed by atoms with Gasteiger partial charge < -0.3 is 21.3 Å². The topological polar surface area (TPSA) is 85.5 Å². The molecule has 4 N–H and O–H groups in total. The molecule has 7 nitrogen and oxygen atoms in total. The van der Waals surface area contributed by atoms with E-state index in [-0.39, 0.29) is 0 Å². The molecule has 7 heteroatoms. The molecule has 1 aliphatic rings. The van der Waals surface area contributed by atoms with Crippen LogP contribution in [0.15, 0.2) is 0 Å². The number of carbonyl (C=O) groups is 2. The highest BCUT2D eigenvalue weighted by Gasteiger charge is 2.11. The smallest absolute Gasteiger partial charge is 0.309 e. The van der Waals surface area contributed by atoms with Crippen LogP contribution in [0.2, 0.25) is 0 Å². The fourth-order valence-corrected chi connectivity index (χ4v) is 1.29. The molecule has 16 heavy (non-hydrogen) atoms. The molecule has 1 fully saturated rings. The van der Waals surface area contributed by atoms with Crippen LogP contribution >= 0.6 is 0 Å². The van der Waals surface area contributed by atoms with Gasteiger partial charge in [-0.15, -0.1) is 0 Å². The van der Waals surface area contributed by atoms with Gasteiger partial charge in [0.15, 0.2) is 0 Å². The van der Waals surface area contributed by atoms with Gasteiger partial charge >= 0.3 is 11.8 Å². The Morgan fingerprint density at radius 3 is 1.75 bits per heavy atom. The minimum absolute atomic E-state index is 0.452. The van der Waals surface area contributed by atoms with Crippen molar-refractivity contribution in [2.24, 2.45) is 0 Å². The van der Waals surface area contributed by atoms with Crippen LogP contribution in [-0.2, 0) is 9.59 Å². The monoisotopic (exact) mass is 229 g/mol. The molecular weight excluding hydrogens is 210 g/mol. The second-order valence-electron chi connectivity index (χ2n) is 3.68. The van der Waals surface area contributed by atoms with Gasteiger partial charge in [0.05, 0.1) is 0 Å². The summed E-state index contributed by atoms with van der Waals surface area (Å²) >= 11 is 0. The lowest BCUT2D eigenvalue weighted by Crippen LogP contribution is -2.43. The van der Waals surface area contributed by atoms with E-state index in [2.05, 4.69) is 26.2 Å². The average molecular weight is 229 g/mol. The lowest BCUT2D eigenvalue weighted by molar-refractivity contribution is -0.139. The molecule has 1 heterocycles. The minimum Gasteiger partial charge on any atom is -0.347 e. The molecule has 92 valence electrons. The summed E-state index contributed by atoms with van der Waals surface area (Å²) in [6.45, 7) is 3.67. The molecule has 0 aromatic rings. The van der Waals surface area contributed by atoms with Crippen molar-refractivity contribution in [1.82, 2.24) is 26.2 Å². The lowest BCUT2D eigenvalue weighted by Gasteiger charge is -2.17. The van der Waals surface area contributed by atoms with Crippen molar-refractivity contribution < 1.29 is 9.59 Å². The molecule has 0 saturated carbocycles. The van der Waals surface area contributed by atoms with Gasteiger partial charge in [-0.25, -0.2) is 0 Å². The Morgan fingerprint density at radius 1 is 0.875 bits per heavy atom. The maximum Gasteiger partial charge on any atom is 0.309 e. The van der Waals surface area contributed by atoms with Crippen molar-refractivity contribution in [3.63, 3.8) is 0 Å². The first-order valence-electron chi connectivity index (χ1n) is 5.36. The van der Waals surface area contributed by atoms with E-state index in [1.165, 1.54) is 0 Å². The highest BCUT2D eigenvalue weighted by Crippen LogP contribution is 1.76. The molecule has 0 unspecified atom stereocenters. The Balaban J connectivity index is 2.36. The fraction of sp³-hybridized carbons (Fsp3) is 0.778. The first-order valence-corrected chi connectivity index (χ1v) is 5.36. The summed E-state index contributed by atoms with van der Waals surface area (Å²) in [5.74, 6) is -1.15. The molecule has 2 amide bonds. The summed E-state index contributed by atoms with van der Waals surface area (Å²) in [5, 5.41) is 11.4. The van der Waals surface area contributed by atoms with Gasteiger partial charge in [0.25, 0.3) is 0 Å². The second kappa shape index (κ2) is 7.15. The van der Waals surface area contributed by atoms with Crippen LogP contribution in [-0.4, -0.2) is 63.3 Å². The zero-order valence-corrected chi connectivity index (χ0v) is 9.51. The Hall–Kier alpha value is -1.18. The van der Waals surface area contributed by atoms with Crippen LogP contribution < -0.4 is 21.3 Å². The van der Waals surface area contributed by atoms with Crippen LogP contribution in [0.3, 0.4) is 0 Å². The van der Waals surface area contributed by atoms with Crippen molar-refractivity contribution in [3.05, 3.63) is 0 Å². The molecule has 1 saturated heterocycles. The predicted molar refractivity (Wildman–Crippen MR) is 59.5 cm³/mol. The Kier molecular flexibility index (Phi) is 5.76. The molecule has 0 spiro atoms. The van der Waals surface area contributed by atoms with Gasteiger partial charge in [0, 0.05) is 39.5 Å². The summed E-state index contributed by atoms with van der Waals surface area (Å²) in [6.07, 6.45) is 0. The number of amides is 2. The van der Waals surface area contributed by atoms with E-state index < -0.39 is 11.8 Å². The molecule has 1 aliphatic heterocycles. The van der Waals surface area contributed by atoms with E-state index in [4.69, 9.17) is 0 Å². The van der Waals surface area contributed by atoms with Crippen LogP contribution in [0.1, 0.15) is 0 Å². The van der Waals surface area contributed by atoms with Gasteiger partial charge in [-0.05, 0) is 7.05 Å². The zero-order valence-electron chi connectivity index (χ0n) is 9.51.